The minimum atomic E-state index is -0.147. The lowest BCUT2D eigenvalue weighted by Crippen LogP contribution is -2.37. The molecule has 26 heavy (non-hydrogen) atoms. The maximum atomic E-state index is 12.2. The lowest BCUT2D eigenvalue weighted by atomic mass is 9.95. The number of carbonyl (C=O) groups is 1. The summed E-state index contributed by atoms with van der Waals surface area (Å²) in [6, 6.07) is 14.3. The maximum Gasteiger partial charge on any atom is 0.315 e. The van der Waals surface area contributed by atoms with Crippen molar-refractivity contribution in [3.05, 3.63) is 65.6 Å². The van der Waals surface area contributed by atoms with Crippen LogP contribution < -0.4 is 10.6 Å². The lowest BCUT2D eigenvalue weighted by Gasteiger charge is -2.12. The van der Waals surface area contributed by atoms with E-state index in [0.717, 1.165) is 18.0 Å². The standard InChI is InChI=1S/C20H21N5O/c26-19(22-13-18-24-23-17-7-3-4-10-25(17)18)21-12-15-11-20(15)9-8-14-5-1-2-6-16(14)20/h1-7,10,15H,8-9,11-13H2,(H2,21,22,26)/t15-,20-/m1/s1. The maximum absolute atomic E-state index is 12.2. The molecular formula is C20H21N5O. The summed E-state index contributed by atoms with van der Waals surface area (Å²) in [5.74, 6) is 1.27. The summed E-state index contributed by atoms with van der Waals surface area (Å²) in [6.45, 7) is 1.08. The molecule has 2 heterocycles. The summed E-state index contributed by atoms with van der Waals surface area (Å²) in [4.78, 5) is 12.2. The predicted molar refractivity (Wildman–Crippen MR) is 97.8 cm³/mol. The van der Waals surface area contributed by atoms with Gasteiger partial charge in [0.25, 0.3) is 0 Å². The quantitative estimate of drug-likeness (QED) is 0.761. The lowest BCUT2D eigenvalue weighted by molar-refractivity contribution is 0.239. The van der Waals surface area contributed by atoms with E-state index < -0.39 is 0 Å². The second-order valence-electron chi connectivity index (χ2n) is 7.32. The van der Waals surface area contributed by atoms with Crippen molar-refractivity contribution in [2.75, 3.05) is 6.54 Å². The predicted octanol–water partition coefficient (Wildman–Crippen LogP) is 2.43. The first-order valence-corrected chi connectivity index (χ1v) is 9.15. The van der Waals surface area contributed by atoms with Crippen LogP contribution in [0.15, 0.2) is 48.7 Å². The Balaban J connectivity index is 1.16. The second kappa shape index (κ2) is 5.83. The highest BCUT2D eigenvalue weighted by Gasteiger charge is 2.57. The van der Waals surface area contributed by atoms with E-state index in [1.807, 2.05) is 28.8 Å². The van der Waals surface area contributed by atoms with Gasteiger partial charge in [0.1, 0.15) is 0 Å². The molecule has 2 N–H and O–H groups in total. The van der Waals surface area contributed by atoms with E-state index in [0.29, 0.717) is 17.9 Å². The number of benzene rings is 1. The van der Waals surface area contributed by atoms with Gasteiger partial charge in [-0.3, -0.25) is 4.40 Å². The number of aryl methyl sites for hydroxylation is 1. The van der Waals surface area contributed by atoms with Crippen LogP contribution in [-0.2, 0) is 18.4 Å². The number of fused-ring (bicyclic) bond motifs is 3. The molecule has 3 aromatic rings. The van der Waals surface area contributed by atoms with Crippen LogP contribution in [-0.4, -0.2) is 27.2 Å². The monoisotopic (exact) mass is 347 g/mol. The molecule has 2 amide bonds. The van der Waals surface area contributed by atoms with Crippen LogP contribution in [0.2, 0.25) is 0 Å². The van der Waals surface area contributed by atoms with Crippen molar-refractivity contribution in [3.63, 3.8) is 0 Å². The normalized spacial score (nSPS) is 23.2. The largest absolute Gasteiger partial charge is 0.338 e. The first-order chi connectivity index (χ1) is 12.8. The second-order valence-corrected chi connectivity index (χ2v) is 7.32. The molecule has 2 atom stereocenters. The van der Waals surface area contributed by atoms with Gasteiger partial charge in [-0.15, -0.1) is 10.2 Å². The van der Waals surface area contributed by atoms with Gasteiger partial charge in [0.2, 0.25) is 0 Å². The highest BCUT2D eigenvalue weighted by atomic mass is 16.2. The smallest absolute Gasteiger partial charge is 0.315 e. The molecule has 2 aliphatic rings. The fourth-order valence-corrected chi connectivity index (χ4v) is 4.45. The molecule has 1 aromatic carbocycles. The third kappa shape index (κ3) is 2.44. The van der Waals surface area contributed by atoms with Crippen molar-refractivity contribution in [3.8, 4) is 0 Å². The van der Waals surface area contributed by atoms with E-state index in [4.69, 9.17) is 0 Å². The average Bonchev–Trinajstić information content (AvgIpc) is 3.03. The van der Waals surface area contributed by atoms with E-state index in [9.17, 15) is 4.79 Å². The number of pyridine rings is 1. The van der Waals surface area contributed by atoms with Gasteiger partial charge in [0, 0.05) is 18.2 Å². The zero-order chi connectivity index (χ0) is 17.6. The van der Waals surface area contributed by atoms with E-state index in [2.05, 4.69) is 45.1 Å². The number of rotatable bonds is 4. The highest BCUT2D eigenvalue weighted by molar-refractivity contribution is 5.73. The van der Waals surface area contributed by atoms with Gasteiger partial charge in [0.05, 0.1) is 6.54 Å². The number of nitrogens with zero attached hydrogens (tertiary/aromatic N) is 3. The van der Waals surface area contributed by atoms with Gasteiger partial charge in [-0.1, -0.05) is 30.3 Å². The Morgan fingerprint density at radius 3 is 3.00 bits per heavy atom. The van der Waals surface area contributed by atoms with Crippen LogP contribution in [0.3, 0.4) is 0 Å². The molecule has 0 aliphatic heterocycles. The van der Waals surface area contributed by atoms with Crippen molar-refractivity contribution in [1.29, 1.82) is 0 Å². The Hall–Kier alpha value is -2.89. The molecule has 2 aromatic heterocycles. The molecule has 6 heteroatoms. The molecule has 132 valence electrons. The molecule has 0 bridgehead atoms. The SMILES string of the molecule is O=C(NCc1nnc2ccccn12)NC[C@H]1C[C@]12CCc1ccccc12. The molecule has 1 spiro atoms. The van der Waals surface area contributed by atoms with Crippen LogP contribution in [0.4, 0.5) is 4.79 Å². The van der Waals surface area contributed by atoms with E-state index in [1.165, 1.54) is 30.4 Å². The van der Waals surface area contributed by atoms with Crippen molar-refractivity contribution >= 4 is 11.7 Å². The molecule has 0 unspecified atom stereocenters. The summed E-state index contributed by atoms with van der Waals surface area (Å²) >= 11 is 0. The third-order valence-corrected chi connectivity index (χ3v) is 5.93. The number of carbonyl (C=O) groups excluding carboxylic acids is 1. The molecule has 5 rings (SSSR count). The number of hydrogen-bond acceptors (Lipinski definition) is 3. The van der Waals surface area contributed by atoms with Gasteiger partial charge < -0.3 is 10.6 Å². The van der Waals surface area contributed by atoms with E-state index in [-0.39, 0.29) is 6.03 Å². The summed E-state index contributed by atoms with van der Waals surface area (Å²) in [7, 11) is 0. The van der Waals surface area contributed by atoms with Crippen LogP contribution in [0.5, 0.6) is 0 Å². The highest BCUT2D eigenvalue weighted by Crippen LogP contribution is 2.61. The fraction of sp³-hybridized carbons (Fsp3) is 0.350. The van der Waals surface area contributed by atoms with Crippen molar-refractivity contribution in [2.24, 2.45) is 5.92 Å². The van der Waals surface area contributed by atoms with Gasteiger partial charge in [-0.2, -0.15) is 0 Å². The van der Waals surface area contributed by atoms with Crippen LogP contribution >= 0.6 is 0 Å². The Labute approximate surface area is 151 Å². The minimum absolute atomic E-state index is 0.147. The number of amides is 2. The summed E-state index contributed by atoms with van der Waals surface area (Å²) in [5.41, 5.74) is 4.08. The van der Waals surface area contributed by atoms with Crippen LogP contribution in [0, 0.1) is 5.92 Å². The number of urea groups is 1. The number of nitrogens with one attached hydrogen (secondary N) is 2. The Kier molecular flexibility index (Phi) is 3.45. The van der Waals surface area contributed by atoms with Crippen LogP contribution in [0.25, 0.3) is 5.65 Å². The summed E-state index contributed by atoms with van der Waals surface area (Å²) in [6.07, 6.45) is 5.46. The Morgan fingerprint density at radius 1 is 1.15 bits per heavy atom. The summed E-state index contributed by atoms with van der Waals surface area (Å²) in [5, 5.41) is 14.1. The van der Waals surface area contributed by atoms with Crippen LogP contribution in [0.1, 0.15) is 29.8 Å². The summed E-state index contributed by atoms with van der Waals surface area (Å²) < 4.78 is 1.88. The Bertz CT molecular complexity index is 981. The molecule has 0 radical (unpaired) electrons. The molecule has 1 saturated carbocycles. The van der Waals surface area contributed by atoms with E-state index in [1.54, 1.807) is 0 Å². The fourth-order valence-electron chi connectivity index (χ4n) is 4.45. The molecule has 1 fully saturated rings. The van der Waals surface area contributed by atoms with Gasteiger partial charge >= 0.3 is 6.03 Å². The number of aromatic nitrogens is 3. The van der Waals surface area contributed by atoms with Gasteiger partial charge in [0.15, 0.2) is 11.5 Å². The zero-order valence-corrected chi connectivity index (χ0v) is 14.5. The van der Waals surface area contributed by atoms with Crippen molar-refractivity contribution in [1.82, 2.24) is 25.2 Å². The topological polar surface area (TPSA) is 71.3 Å². The van der Waals surface area contributed by atoms with Gasteiger partial charge in [-0.05, 0) is 48.4 Å². The van der Waals surface area contributed by atoms with Gasteiger partial charge in [-0.25, -0.2) is 4.79 Å². The molecule has 6 nitrogen and oxygen atoms in total. The van der Waals surface area contributed by atoms with Crippen molar-refractivity contribution < 1.29 is 4.79 Å². The molecule has 2 aliphatic carbocycles. The first-order valence-electron chi connectivity index (χ1n) is 9.15. The average molecular weight is 347 g/mol. The molecular weight excluding hydrogens is 326 g/mol. The third-order valence-electron chi connectivity index (χ3n) is 5.93. The zero-order valence-electron chi connectivity index (χ0n) is 14.5. The van der Waals surface area contributed by atoms with E-state index >= 15 is 0 Å². The number of hydrogen-bond donors (Lipinski definition) is 2. The first kappa shape index (κ1) is 15.4. The van der Waals surface area contributed by atoms with Crippen molar-refractivity contribution in [2.45, 2.75) is 31.2 Å². The molecule has 0 saturated heterocycles. The Morgan fingerprint density at radius 2 is 2.04 bits per heavy atom. The minimum Gasteiger partial charge on any atom is -0.338 e.